The van der Waals surface area contributed by atoms with Crippen molar-refractivity contribution in [1.29, 1.82) is 5.26 Å². The van der Waals surface area contributed by atoms with E-state index in [1.165, 1.54) is 23.1 Å². The van der Waals surface area contributed by atoms with Gasteiger partial charge in [0.1, 0.15) is 0 Å². The second kappa shape index (κ2) is 14.9. The molecule has 0 spiro atoms. The van der Waals surface area contributed by atoms with E-state index in [2.05, 4.69) is 6.07 Å². The maximum atomic E-state index is 12.8. The van der Waals surface area contributed by atoms with Crippen molar-refractivity contribution < 1.29 is 9.59 Å². The monoisotopic (exact) mass is 735 g/mol. The molecule has 2 aromatic heterocycles. The highest BCUT2D eigenvalue weighted by Crippen LogP contribution is 2.32. The minimum atomic E-state index is -0.119. The summed E-state index contributed by atoms with van der Waals surface area (Å²) in [4.78, 5) is 52.6. The summed E-state index contributed by atoms with van der Waals surface area (Å²) in [6, 6.07) is 42.5. The lowest BCUT2D eigenvalue weighted by molar-refractivity contribution is 0.108. The SMILES string of the molecule is Cc1ccc(SC(=O)c2ccc3sc4ccccc4c(=O)c3c2)cc1.N#Cc1ccc(SC(=O)c2cccc3c(=O)c4ccccc4sc23)cc1. The topological polar surface area (TPSA) is 92.1 Å². The van der Waals surface area contributed by atoms with Gasteiger partial charge in [-0.1, -0.05) is 48.0 Å². The molecule has 0 aliphatic carbocycles. The van der Waals surface area contributed by atoms with E-state index in [9.17, 15) is 19.2 Å². The second-order valence-corrected chi connectivity index (χ2v) is 15.7. The van der Waals surface area contributed by atoms with E-state index >= 15 is 0 Å². The van der Waals surface area contributed by atoms with E-state index in [1.54, 1.807) is 65.9 Å². The van der Waals surface area contributed by atoms with Crippen molar-refractivity contribution in [2.24, 2.45) is 0 Å². The fraction of sp³-hybridized carbons (Fsp3) is 0.0238. The number of hydrogen-bond donors (Lipinski definition) is 0. The summed E-state index contributed by atoms with van der Waals surface area (Å²) in [5.41, 5.74) is 2.73. The maximum Gasteiger partial charge on any atom is 0.225 e. The third kappa shape index (κ3) is 7.27. The molecule has 0 radical (unpaired) electrons. The summed E-state index contributed by atoms with van der Waals surface area (Å²) in [6.07, 6.45) is 0. The third-order valence-corrected chi connectivity index (χ3v) is 12.3. The van der Waals surface area contributed by atoms with Crippen LogP contribution in [0.5, 0.6) is 0 Å². The quantitative estimate of drug-likeness (QED) is 0.131. The Morgan fingerprint density at radius 3 is 1.78 bits per heavy atom. The third-order valence-electron chi connectivity index (χ3n) is 8.06. The number of thioether (sulfide) groups is 2. The molecule has 0 unspecified atom stereocenters. The maximum absolute atomic E-state index is 12.8. The first kappa shape index (κ1) is 34.1. The number of nitriles is 1. The number of benzene rings is 6. The van der Waals surface area contributed by atoms with Crippen molar-refractivity contribution in [3.8, 4) is 6.07 Å². The summed E-state index contributed by atoms with van der Waals surface area (Å²) in [7, 11) is 0. The first-order valence-electron chi connectivity index (χ1n) is 15.7. The molecule has 0 atom stereocenters. The number of carbonyl (C=O) groups excluding carboxylic acids is 2. The molecule has 0 fully saturated rings. The molecule has 0 saturated heterocycles. The van der Waals surface area contributed by atoms with Gasteiger partial charge in [-0.2, -0.15) is 5.26 Å². The lowest BCUT2D eigenvalue weighted by Crippen LogP contribution is -2.03. The van der Waals surface area contributed by atoms with Crippen LogP contribution >= 0.6 is 46.2 Å². The van der Waals surface area contributed by atoms with E-state index in [1.807, 2.05) is 85.8 Å². The van der Waals surface area contributed by atoms with Crippen LogP contribution in [0, 0.1) is 18.3 Å². The molecular formula is C42H25NO4S4. The van der Waals surface area contributed by atoms with Gasteiger partial charge in [0, 0.05) is 56.6 Å². The second-order valence-electron chi connectivity index (χ2n) is 11.5. The van der Waals surface area contributed by atoms with Gasteiger partial charge in [0.05, 0.1) is 16.3 Å². The van der Waals surface area contributed by atoms with Gasteiger partial charge in [0.2, 0.25) is 10.2 Å². The van der Waals surface area contributed by atoms with Gasteiger partial charge in [-0.15, -0.1) is 22.7 Å². The first-order valence-corrected chi connectivity index (χ1v) is 19.0. The molecule has 0 amide bonds. The Labute approximate surface area is 308 Å². The van der Waals surface area contributed by atoms with Crippen LogP contribution in [0.25, 0.3) is 40.3 Å². The average molecular weight is 736 g/mol. The predicted octanol–water partition coefficient (Wildman–Crippen LogP) is 10.9. The summed E-state index contributed by atoms with van der Waals surface area (Å²) >= 11 is 5.32. The molecule has 6 aromatic carbocycles. The summed E-state index contributed by atoms with van der Waals surface area (Å²) in [5, 5.41) is 11.3. The molecule has 5 nitrogen and oxygen atoms in total. The van der Waals surface area contributed by atoms with Crippen LogP contribution in [0.15, 0.2) is 153 Å². The van der Waals surface area contributed by atoms with E-state index in [-0.39, 0.29) is 21.1 Å². The zero-order valence-corrected chi connectivity index (χ0v) is 30.2. The lowest BCUT2D eigenvalue weighted by atomic mass is 10.1. The van der Waals surface area contributed by atoms with Gasteiger partial charge >= 0.3 is 0 Å². The molecule has 8 aromatic rings. The van der Waals surface area contributed by atoms with Crippen LogP contribution < -0.4 is 10.9 Å². The standard InChI is InChI=1S/C21H11NO2S2.C21H14O2S2/c22-12-13-8-10-14(11-9-13)25-21(24)17-6-3-5-16-19(23)15-4-1-2-7-18(15)26-20(16)17;1-13-6-9-15(10-7-13)24-21(23)14-8-11-19-17(12-14)20(22)16-4-2-3-5-18(16)25-19/h1-11H;2-12H,1H3. The van der Waals surface area contributed by atoms with Crippen molar-refractivity contribution in [2.75, 3.05) is 0 Å². The van der Waals surface area contributed by atoms with Gasteiger partial charge in [-0.05, 0) is 121 Å². The Bertz CT molecular complexity index is 2800. The zero-order valence-electron chi connectivity index (χ0n) is 26.9. The number of rotatable bonds is 4. The number of aryl methyl sites for hydroxylation is 1. The van der Waals surface area contributed by atoms with E-state index < -0.39 is 0 Å². The average Bonchev–Trinajstić information content (AvgIpc) is 3.16. The molecule has 0 aliphatic rings. The number of hydrogen-bond acceptors (Lipinski definition) is 9. The largest absolute Gasteiger partial charge is 0.289 e. The van der Waals surface area contributed by atoms with Gasteiger partial charge in [-0.25, -0.2) is 0 Å². The molecular weight excluding hydrogens is 711 g/mol. The first-order chi connectivity index (χ1) is 24.8. The lowest BCUT2D eigenvalue weighted by Gasteiger charge is -2.06. The Hall–Kier alpha value is -5.37. The fourth-order valence-corrected chi connectivity index (χ4v) is 9.24. The Morgan fingerprint density at radius 1 is 0.569 bits per heavy atom. The van der Waals surface area contributed by atoms with Crippen molar-refractivity contribution in [1.82, 2.24) is 0 Å². The minimum Gasteiger partial charge on any atom is -0.289 e. The highest BCUT2D eigenvalue weighted by molar-refractivity contribution is 8.14. The van der Waals surface area contributed by atoms with Crippen LogP contribution in [0.2, 0.25) is 0 Å². The summed E-state index contributed by atoms with van der Waals surface area (Å²) < 4.78 is 3.45. The molecule has 9 heteroatoms. The molecule has 0 saturated carbocycles. The molecule has 0 N–H and O–H groups in total. The summed E-state index contributed by atoms with van der Waals surface area (Å²) in [6.45, 7) is 2.01. The van der Waals surface area contributed by atoms with Crippen molar-refractivity contribution in [3.05, 3.63) is 176 Å². The van der Waals surface area contributed by atoms with Gasteiger partial charge < -0.3 is 0 Å². The Kier molecular flexibility index (Phi) is 9.93. The smallest absolute Gasteiger partial charge is 0.225 e. The fourth-order valence-electron chi connectivity index (χ4n) is 5.45. The number of carbonyl (C=O) groups is 2. The van der Waals surface area contributed by atoms with Gasteiger partial charge in [0.25, 0.3) is 0 Å². The van der Waals surface area contributed by atoms with Crippen molar-refractivity contribution in [2.45, 2.75) is 16.7 Å². The number of nitrogens with zero attached hydrogens (tertiary/aromatic N) is 1. The van der Waals surface area contributed by atoms with Gasteiger partial charge in [0.15, 0.2) is 10.9 Å². The Morgan fingerprint density at radius 2 is 1.12 bits per heavy atom. The van der Waals surface area contributed by atoms with Crippen LogP contribution in [0.3, 0.4) is 0 Å². The highest BCUT2D eigenvalue weighted by atomic mass is 32.2. The molecule has 2 heterocycles. The van der Waals surface area contributed by atoms with E-state index in [0.29, 0.717) is 42.9 Å². The normalized spacial score (nSPS) is 10.9. The van der Waals surface area contributed by atoms with Crippen LogP contribution in [-0.4, -0.2) is 10.2 Å². The Balaban J connectivity index is 0.000000159. The predicted molar refractivity (Wildman–Crippen MR) is 214 cm³/mol. The van der Waals surface area contributed by atoms with Crippen molar-refractivity contribution >= 4 is 96.8 Å². The molecule has 246 valence electrons. The summed E-state index contributed by atoms with van der Waals surface area (Å²) in [5.74, 6) is 0. The molecule has 0 bridgehead atoms. The molecule has 8 rings (SSSR count). The van der Waals surface area contributed by atoms with Crippen LogP contribution in [0.4, 0.5) is 0 Å². The molecule has 51 heavy (non-hydrogen) atoms. The molecule has 0 aliphatic heterocycles. The van der Waals surface area contributed by atoms with Crippen LogP contribution in [0.1, 0.15) is 31.8 Å². The van der Waals surface area contributed by atoms with Crippen molar-refractivity contribution in [3.63, 3.8) is 0 Å². The zero-order chi connectivity index (χ0) is 35.5. The van der Waals surface area contributed by atoms with Gasteiger partial charge in [-0.3, -0.25) is 19.2 Å². The highest BCUT2D eigenvalue weighted by Gasteiger charge is 2.16. The number of fused-ring (bicyclic) bond motifs is 4. The minimum absolute atomic E-state index is 0.0145. The van der Waals surface area contributed by atoms with Crippen LogP contribution in [-0.2, 0) is 0 Å². The van der Waals surface area contributed by atoms with E-state index in [0.717, 1.165) is 41.2 Å². The van der Waals surface area contributed by atoms with E-state index in [4.69, 9.17) is 5.26 Å².